The van der Waals surface area contributed by atoms with E-state index in [2.05, 4.69) is 5.32 Å². The van der Waals surface area contributed by atoms with Gasteiger partial charge in [0.2, 0.25) is 0 Å². The van der Waals surface area contributed by atoms with Crippen LogP contribution in [0.1, 0.15) is 16.7 Å². The molecule has 1 aliphatic rings. The molecule has 0 bridgehead atoms. The zero-order valence-electron chi connectivity index (χ0n) is 18.8. The van der Waals surface area contributed by atoms with E-state index in [1.165, 1.54) is 31.4 Å². The average Bonchev–Trinajstić information content (AvgIpc) is 2.83. The molecule has 1 saturated heterocycles. The Morgan fingerprint density at radius 1 is 1.03 bits per heavy atom. The van der Waals surface area contributed by atoms with E-state index in [0.29, 0.717) is 27.6 Å². The molecule has 0 aliphatic carbocycles. The quantitative estimate of drug-likeness (QED) is 0.383. The molecule has 35 heavy (non-hydrogen) atoms. The summed E-state index contributed by atoms with van der Waals surface area (Å²) in [6.45, 7) is 1.91. The van der Waals surface area contributed by atoms with Crippen LogP contribution in [-0.4, -0.2) is 25.0 Å². The van der Waals surface area contributed by atoms with E-state index in [-0.39, 0.29) is 23.7 Å². The lowest BCUT2D eigenvalue weighted by Gasteiger charge is -2.26. The molecular formula is C26H20ClFN2O5. The van der Waals surface area contributed by atoms with Crippen LogP contribution in [0.4, 0.5) is 14.9 Å². The maximum atomic E-state index is 13.4. The minimum absolute atomic E-state index is 0.117. The van der Waals surface area contributed by atoms with Gasteiger partial charge in [-0.05, 0) is 66.1 Å². The number of rotatable bonds is 6. The van der Waals surface area contributed by atoms with Crippen molar-refractivity contribution >= 4 is 41.2 Å². The minimum Gasteiger partial charge on any atom is -0.493 e. The maximum absolute atomic E-state index is 13.4. The van der Waals surface area contributed by atoms with Gasteiger partial charge in [0.25, 0.3) is 11.8 Å². The number of nitrogens with one attached hydrogen (secondary N) is 1. The zero-order chi connectivity index (χ0) is 25.1. The van der Waals surface area contributed by atoms with Crippen molar-refractivity contribution in [3.05, 3.63) is 93.8 Å². The number of urea groups is 1. The van der Waals surface area contributed by atoms with Gasteiger partial charge in [0.1, 0.15) is 18.0 Å². The molecule has 0 atom stereocenters. The first-order chi connectivity index (χ1) is 16.8. The van der Waals surface area contributed by atoms with E-state index in [9.17, 15) is 18.8 Å². The number of hydrogen-bond donors (Lipinski definition) is 1. The highest BCUT2D eigenvalue weighted by Crippen LogP contribution is 2.31. The molecule has 3 aromatic carbocycles. The van der Waals surface area contributed by atoms with Crippen molar-refractivity contribution in [2.75, 3.05) is 12.0 Å². The number of benzene rings is 3. The first-order valence-electron chi connectivity index (χ1n) is 10.5. The standard InChI is InChI=1S/C26H20ClFN2O5/c1-15-6-8-19(13-21(15)27)30-25(32)20(24(31)29-26(30)33)11-16-7-9-22(23(12-16)34-2)35-14-17-4-3-5-18(28)10-17/h3-13H,14H2,1-2H3,(H,29,31,33). The Kier molecular flexibility index (Phi) is 6.84. The van der Waals surface area contributed by atoms with Crippen LogP contribution >= 0.6 is 11.6 Å². The summed E-state index contributed by atoms with van der Waals surface area (Å²) in [6, 6.07) is 14.7. The molecule has 1 fully saturated rings. The Hall–Kier alpha value is -4.17. The lowest BCUT2D eigenvalue weighted by molar-refractivity contribution is -0.122. The van der Waals surface area contributed by atoms with Gasteiger partial charge >= 0.3 is 6.03 Å². The van der Waals surface area contributed by atoms with Crippen molar-refractivity contribution in [2.24, 2.45) is 0 Å². The molecular weight excluding hydrogens is 475 g/mol. The summed E-state index contributed by atoms with van der Waals surface area (Å²) in [5, 5.41) is 2.55. The number of halogens is 2. The van der Waals surface area contributed by atoms with Crippen LogP contribution in [0.15, 0.2) is 66.2 Å². The Morgan fingerprint density at radius 2 is 1.83 bits per heavy atom. The highest BCUT2D eigenvalue weighted by Gasteiger charge is 2.37. The average molecular weight is 495 g/mol. The maximum Gasteiger partial charge on any atom is 0.335 e. The third-order valence-corrected chi connectivity index (χ3v) is 5.70. The lowest BCUT2D eigenvalue weighted by atomic mass is 10.1. The number of anilines is 1. The zero-order valence-corrected chi connectivity index (χ0v) is 19.6. The van der Waals surface area contributed by atoms with Crippen molar-refractivity contribution in [1.82, 2.24) is 5.32 Å². The van der Waals surface area contributed by atoms with Crippen LogP contribution in [0, 0.1) is 12.7 Å². The van der Waals surface area contributed by atoms with Gasteiger partial charge in [0.05, 0.1) is 12.8 Å². The molecule has 9 heteroatoms. The Bertz CT molecular complexity index is 1370. The van der Waals surface area contributed by atoms with Crippen molar-refractivity contribution in [2.45, 2.75) is 13.5 Å². The Morgan fingerprint density at radius 3 is 2.54 bits per heavy atom. The number of methoxy groups -OCH3 is 1. The molecule has 1 N–H and O–H groups in total. The lowest BCUT2D eigenvalue weighted by Crippen LogP contribution is -2.54. The van der Waals surface area contributed by atoms with Crippen LogP contribution in [0.2, 0.25) is 5.02 Å². The number of hydrogen-bond acceptors (Lipinski definition) is 5. The number of imide groups is 2. The summed E-state index contributed by atoms with van der Waals surface area (Å²) in [5.74, 6) is -1.23. The van der Waals surface area contributed by atoms with Crippen LogP contribution < -0.4 is 19.7 Å². The molecule has 4 amide bonds. The van der Waals surface area contributed by atoms with Crippen molar-refractivity contribution in [3.63, 3.8) is 0 Å². The highest BCUT2D eigenvalue weighted by molar-refractivity contribution is 6.39. The van der Waals surface area contributed by atoms with E-state index in [1.807, 2.05) is 0 Å². The van der Waals surface area contributed by atoms with Gasteiger partial charge in [-0.15, -0.1) is 0 Å². The SMILES string of the molecule is COc1cc(C=C2C(=O)NC(=O)N(c3ccc(C)c(Cl)c3)C2=O)ccc1OCc1cccc(F)c1. The summed E-state index contributed by atoms with van der Waals surface area (Å²) < 4.78 is 24.5. The van der Waals surface area contributed by atoms with Gasteiger partial charge in [-0.1, -0.05) is 35.9 Å². The van der Waals surface area contributed by atoms with Gasteiger partial charge in [-0.2, -0.15) is 0 Å². The topological polar surface area (TPSA) is 84.9 Å². The van der Waals surface area contributed by atoms with E-state index in [4.69, 9.17) is 21.1 Å². The fraction of sp³-hybridized carbons (Fsp3) is 0.115. The molecule has 3 aromatic rings. The molecule has 7 nitrogen and oxygen atoms in total. The second-order valence-electron chi connectivity index (χ2n) is 7.72. The van der Waals surface area contributed by atoms with Gasteiger partial charge in [0.15, 0.2) is 11.5 Å². The molecule has 0 spiro atoms. The van der Waals surface area contributed by atoms with Gasteiger partial charge < -0.3 is 9.47 Å². The number of nitrogens with zero attached hydrogens (tertiary/aromatic N) is 1. The molecule has 0 unspecified atom stereocenters. The van der Waals surface area contributed by atoms with Crippen LogP contribution in [-0.2, 0) is 16.2 Å². The first-order valence-corrected chi connectivity index (χ1v) is 10.9. The summed E-state index contributed by atoms with van der Waals surface area (Å²) >= 11 is 6.15. The monoisotopic (exact) mass is 494 g/mol. The summed E-state index contributed by atoms with van der Waals surface area (Å²) in [5.41, 5.74) is 1.88. The third-order valence-electron chi connectivity index (χ3n) is 5.30. The number of aryl methyl sites for hydroxylation is 1. The van der Waals surface area contributed by atoms with Crippen LogP contribution in [0.3, 0.4) is 0 Å². The number of amides is 4. The predicted octanol–water partition coefficient (Wildman–Crippen LogP) is 5.04. The largest absolute Gasteiger partial charge is 0.493 e. The van der Waals surface area contributed by atoms with Crippen molar-refractivity contribution in [3.8, 4) is 11.5 Å². The molecule has 4 rings (SSSR count). The van der Waals surface area contributed by atoms with Crippen molar-refractivity contribution in [1.29, 1.82) is 0 Å². The Balaban J connectivity index is 1.60. The van der Waals surface area contributed by atoms with Crippen molar-refractivity contribution < 1.29 is 28.2 Å². The van der Waals surface area contributed by atoms with E-state index < -0.39 is 17.8 Å². The predicted molar refractivity (Wildman–Crippen MR) is 129 cm³/mol. The highest BCUT2D eigenvalue weighted by atomic mass is 35.5. The molecule has 0 aromatic heterocycles. The number of ether oxygens (including phenoxy) is 2. The molecule has 178 valence electrons. The van der Waals surface area contributed by atoms with Crippen LogP contribution in [0.25, 0.3) is 6.08 Å². The molecule has 1 aliphatic heterocycles. The fourth-order valence-electron chi connectivity index (χ4n) is 3.46. The molecule has 0 saturated carbocycles. The second kappa shape index (κ2) is 9.99. The summed E-state index contributed by atoms with van der Waals surface area (Å²) in [6.07, 6.45) is 1.35. The van der Waals surface area contributed by atoms with E-state index in [0.717, 1.165) is 10.5 Å². The normalized spacial score (nSPS) is 14.8. The van der Waals surface area contributed by atoms with E-state index in [1.54, 1.807) is 49.4 Å². The fourth-order valence-corrected chi connectivity index (χ4v) is 3.64. The number of carbonyl (C=O) groups excluding carboxylic acids is 3. The Labute approximate surface area is 205 Å². The number of carbonyl (C=O) groups is 3. The minimum atomic E-state index is -0.865. The van der Waals surface area contributed by atoms with Crippen LogP contribution in [0.5, 0.6) is 11.5 Å². The molecule has 1 heterocycles. The van der Waals surface area contributed by atoms with Gasteiger partial charge in [0, 0.05) is 5.02 Å². The molecule has 0 radical (unpaired) electrons. The summed E-state index contributed by atoms with van der Waals surface area (Å²) in [4.78, 5) is 38.8. The first kappa shape index (κ1) is 24.0. The summed E-state index contributed by atoms with van der Waals surface area (Å²) in [7, 11) is 1.45. The third kappa shape index (κ3) is 5.17. The van der Waals surface area contributed by atoms with Gasteiger partial charge in [-0.25, -0.2) is 14.1 Å². The second-order valence-corrected chi connectivity index (χ2v) is 8.13. The van der Waals surface area contributed by atoms with Gasteiger partial charge in [-0.3, -0.25) is 14.9 Å². The van der Waals surface area contributed by atoms with E-state index >= 15 is 0 Å². The smallest absolute Gasteiger partial charge is 0.335 e. The number of barbiturate groups is 1.